The molecule has 3 unspecified atom stereocenters. The smallest absolute Gasteiger partial charge is 0.254 e. The van der Waals surface area contributed by atoms with Crippen molar-refractivity contribution in [3.63, 3.8) is 0 Å². The van der Waals surface area contributed by atoms with Crippen molar-refractivity contribution in [2.75, 3.05) is 13.1 Å². The van der Waals surface area contributed by atoms with Gasteiger partial charge in [-0.1, -0.05) is 15.3 Å². The van der Waals surface area contributed by atoms with Gasteiger partial charge in [0.2, 0.25) is 0 Å². The maximum Gasteiger partial charge on any atom is 0.254 e. The maximum absolute atomic E-state index is 15.3. The monoisotopic (exact) mass is 443 g/mol. The second-order valence-corrected chi connectivity index (χ2v) is 10.2. The SMILES string of the molecule is Cc1cc([C@@H]2CN(C(=O)c3ccc(C4CC4)c(P)c3)CC(F)(P)C2)n2ncnc2n1. The fourth-order valence-corrected chi connectivity index (χ4v) is 5.46. The number of benzene rings is 1. The molecule has 156 valence electrons. The number of amides is 1. The predicted octanol–water partition coefficient (Wildman–Crippen LogP) is 2.98. The van der Waals surface area contributed by atoms with Crippen molar-refractivity contribution in [3.8, 4) is 0 Å². The molecule has 1 aliphatic carbocycles. The summed E-state index contributed by atoms with van der Waals surface area (Å²) < 4.78 is 17.0. The van der Waals surface area contributed by atoms with E-state index in [1.165, 1.54) is 24.7 Å². The average molecular weight is 443 g/mol. The zero-order valence-corrected chi connectivity index (χ0v) is 19.1. The van der Waals surface area contributed by atoms with Crippen LogP contribution in [0.1, 0.15) is 58.4 Å². The summed E-state index contributed by atoms with van der Waals surface area (Å²) in [4.78, 5) is 23.5. The van der Waals surface area contributed by atoms with E-state index in [4.69, 9.17) is 0 Å². The second kappa shape index (κ2) is 7.32. The van der Waals surface area contributed by atoms with Gasteiger partial charge in [-0.3, -0.25) is 4.79 Å². The second-order valence-electron chi connectivity index (χ2n) is 8.53. The first kappa shape index (κ1) is 20.0. The fraction of sp³-hybridized carbons (Fsp3) is 0.429. The van der Waals surface area contributed by atoms with Crippen molar-refractivity contribution in [1.29, 1.82) is 0 Å². The average Bonchev–Trinajstić information content (AvgIpc) is 3.42. The summed E-state index contributed by atoms with van der Waals surface area (Å²) in [6.07, 6.45) is 4.15. The lowest BCUT2D eigenvalue weighted by atomic mass is 9.92. The van der Waals surface area contributed by atoms with E-state index < -0.39 is 5.41 Å². The van der Waals surface area contributed by atoms with Crippen molar-refractivity contribution in [1.82, 2.24) is 24.5 Å². The lowest BCUT2D eigenvalue weighted by Crippen LogP contribution is -2.48. The molecule has 1 aromatic carbocycles. The van der Waals surface area contributed by atoms with Gasteiger partial charge in [-0.2, -0.15) is 10.1 Å². The third-order valence-corrected chi connectivity index (χ3v) is 6.86. The number of halogens is 1. The number of fused-ring (bicyclic) bond motifs is 1. The number of alkyl halides is 1. The van der Waals surface area contributed by atoms with E-state index in [2.05, 4.69) is 33.5 Å². The number of rotatable bonds is 3. The number of aryl methyl sites for hydroxylation is 1. The van der Waals surface area contributed by atoms with Crippen molar-refractivity contribution in [2.24, 2.45) is 0 Å². The lowest BCUT2D eigenvalue weighted by molar-refractivity contribution is 0.0543. The van der Waals surface area contributed by atoms with Crippen LogP contribution in [0.15, 0.2) is 30.6 Å². The van der Waals surface area contributed by atoms with Crippen LogP contribution in [0.3, 0.4) is 0 Å². The van der Waals surface area contributed by atoms with Gasteiger partial charge in [-0.15, -0.1) is 9.24 Å². The quantitative estimate of drug-likeness (QED) is 0.584. The molecule has 2 fully saturated rings. The number of carbonyl (C=O) groups excluding carboxylic acids is 1. The molecule has 1 aliphatic heterocycles. The number of hydrogen-bond acceptors (Lipinski definition) is 4. The molecule has 3 aromatic rings. The van der Waals surface area contributed by atoms with Crippen molar-refractivity contribution in [3.05, 3.63) is 53.1 Å². The van der Waals surface area contributed by atoms with E-state index in [-0.39, 0.29) is 24.8 Å². The van der Waals surface area contributed by atoms with Crippen LogP contribution in [-0.4, -0.2) is 48.9 Å². The molecule has 0 spiro atoms. The van der Waals surface area contributed by atoms with Gasteiger partial charge in [-0.05, 0) is 61.2 Å². The van der Waals surface area contributed by atoms with Crippen LogP contribution in [0.2, 0.25) is 0 Å². The lowest BCUT2D eigenvalue weighted by Gasteiger charge is -2.40. The molecule has 1 saturated carbocycles. The van der Waals surface area contributed by atoms with Gasteiger partial charge in [0.15, 0.2) is 0 Å². The van der Waals surface area contributed by atoms with Crippen molar-refractivity contribution in [2.45, 2.75) is 43.4 Å². The van der Waals surface area contributed by atoms with Crippen molar-refractivity contribution >= 4 is 35.5 Å². The molecule has 0 bridgehead atoms. The number of piperidine rings is 1. The highest BCUT2D eigenvalue weighted by Crippen LogP contribution is 2.41. The van der Waals surface area contributed by atoms with Gasteiger partial charge >= 0.3 is 0 Å². The van der Waals surface area contributed by atoms with Crippen LogP contribution < -0.4 is 5.30 Å². The van der Waals surface area contributed by atoms with E-state index >= 15 is 4.39 Å². The van der Waals surface area contributed by atoms with Crippen LogP contribution >= 0.6 is 18.5 Å². The van der Waals surface area contributed by atoms with Crippen LogP contribution in [-0.2, 0) is 0 Å². The highest BCUT2D eigenvalue weighted by molar-refractivity contribution is 7.27. The number of likely N-dealkylation sites (tertiary alicyclic amines) is 1. The van der Waals surface area contributed by atoms with Crippen molar-refractivity contribution < 1.29 is 9.18 Å². The molecule has 2 aromatic heterocycles. The van der Waals surface area contributed by atoms with E-state index in [0.29, 0.717) is 23.8 Å². The largest absolute Gasteiger partial charge is 0.334 e. The third-order valence-electron chi connectivity index (χ3n) is 5.94. The molecule has 1 amide bonds. The molecule has 3 heterocycles. The Bertz CT molecular complexity index is 1140. The first-order valence-corrected chi connectivity index (χ1v) is 11.3. The van der Waals surface area contributed by atoms with Gasteiger partial charge in [0, 0.05) is 23.7 Å². The van der Waals surface area contributed by atoms with Gasteiger partial charge in [0.25, 0.3) is 11.7 Å². The number of carbonyl (C=O) groups is 1. The van der Waals surface area contributed by atoms with Crippen LogP contribution in [0, 0.1) is 6.92 Å². The normalized spacial score (nSPS) is 24.4. The Kier molecular flexibility index (Phi) is 4.87. The Labute approximate surface area is 179 Å². The Hall–Kier alpha value is -1.97. The first-order valence-electron chi connectivity index (χ1n) is 10.1. The molecule has 6 nitrogen and oxygen atoms in total. The molecule has 1 saturated heterocycles. The molecule has 30 heavy (non-hydrogen) atoms. The number of hydrogen-bond donors (Lipinski definition) is 0. The third kappa shape index (κ3) is 3.74. The van der Waals surface area contributed by atoms with E-state index in [1.54, 1.807) is 9.42 Å². The molecule has 2 aliphatic rings. The standard InChI is InChI=1S/C21H24FN5OP2/c1-12-6-17(27-20(25-12)23-11-24-27)15-8-21(22,30)10-26(9-15)19(28)14-4-5-16(13-2-3-13)18(29)7-14/h4-7,11,13,15H,2-3,8-10,29-30H2,1H3/t15-,21?/m0/s1. The minimum Gasteiger partial charge on any atom is -0.334 e. The molecule has 9 heteroatoms. The topological polar surface area (TPSA) is 63.4 Å². The Morgan fingerprint density at radius 2 is 2.07 bits per heavy atom. The van der Waals surface area contributed by atoms with Crippen LogP contribution in [0.5, 0.6) is 0 Å². The Balaban J connectivity index is 1.46. The summed E-state index contributed by atoms with van der Waals surface area (Å²) in [5.74, 6) is 0.754. The molecule has 0 N–H and O–H groups in total. The Morgan fingerprint density at radius 3 is 2.80 bits per heavy atom. The summed E-state index contributed by atoms with van der Waals surface area (Å²) in [5, 5.41) is 3.75. The highest BCUT2D eigenvalue weighted by atomic mass is 31.0. The van der Waals surface area contributed by atoms with Gasteiger partial charge < -0.3 is 4.90 Å². The van der Waals surface area contributed by atoms with Gasteiger partial charge in [-0.25, -0.2) is 13.9 Å². The van der Waals surface area contributed by atoms with Crippen LogP contribution in [0.25, 0.3) is 5.78 Å². The van der Waals surface area contributed by atoms with E-state index in [0.717, 1.165) is 16.7 Å². The highest BCUT2D eigenvalue weighted by Gasteiger charge is 2.40. The molecular formula is C21H24FN5OP2. The summed E-state index contributed by atoms with van der Waals surface area (Å²) in [7, 11) is 5.05. The Morgan fingerprint density at radius 1 is 1.27 bits per heavy atom. The van der Waals surface area contributed by atoms with E-state index in [1.807, 2.05) is 31.2 Å². The summed E-state index contributed by atoms with van der Waals surface area (Å²) in [5.41, 5.74) is 3.51. The number of nitrogens with zero attached hydrogens (tertiary/aromatic N) is 5. The maximum atomic E-state index is 15.3. The molecule has 5 rings (SSSR count). The molecular weight excluding hydrogens is 419 g/mol. The van der Waals surface area contributed by atoms with Crippen LogP contribution in [0.4, 0.5) is 4.39 Å². The number of aromatic nitrogens is 4. The van der Waals surface area contributed by atoms with Gasteiger partial charge in [0.1, 0.15) is 11.7 Å². The minimum atomic E-state index is -1.57. The summed E-state index contributed by atoms with van der Waals surface area (Å²) in [6.45, 7) is 2.36. The molecule has 0 radical (unpaired) electrons. The zero-order valence-electron chi connectivity index (χ0n) is 16.8. The van der Waals surface area contributed by atoms with E-state index in [9.17, 15) is 4.79 Å². The fourth-order valence-electron chi connectivity index (χ4n) is 4.45. The molecule has 4 atom stereocenters. The predicted molar refractivity (Wildman–Crippen MR) is 120 cm³/mol. The first-order chi connectivity index (χ1) is 14.3. The summed E-state index contributed by atoms with van der Waals surface area (Å²) >= 11 is 0. The summed E-state index contributed by atoms with van der Waals surface area (Å²) in [6, 6.07) is 7.75. The minimum absolute atomic E-state index is 0.0497. The zero-order chi connectivity index (χ0) is 21.0. The van der Waals surface area contributed by atoms with Gasteiger partial charge in [0.05, 0.1) is 12.2 Å².